The third-order valence-corrected chi connectivity index (χ3v) is 3.65. The van der Waals surface area contributed by atoms with Crippen molar-refractivity contribution in [3.05, 3.63) is 0 Å². The Kier molecular flexibility index (Phi) is 4.30. The molecule has 13 heavy (non-hydrogen) atoms. The van der Waals surface area contributed by atoms with E-state index in [1.165, 1.54) is 25.7 Å². The van der Waals surface area contributed by atoms with E-state index in [4.69, 9.17) is 0 Å². The van der Waals surface area contributed by atoms with Gasteiger partial charge in [-0.05, 0) is 19.3 Å². The second-order valence-electron chi connectivity index (χ2n) is 4.12. The summed E-state index contributed by atoms with van der Waals surface area (Å²) in [6.45, 7) is 2.21. The van der Waals surface area contributed by atoms with Crippen LogP contribution >= 0.6 is 12.6 Å². The molecule has 76 valence electrons. The topological polar surface area (TPSA) is 17.1 Å². The molecule has 0 spiro atoms. The molecule has 0 aliphatic heterocycles. The highest BCUT2D eigenvalue weighted by molar-refractivity contribution is 7.82. The zero-order valence-electron chi connectivity index (χ0n) is 8.51. The first-order valence-electron chi connectivity index (χ1n) is 5.45. The van der Waals surface area contributed by atoms with Gasteiger partial charge in [-0.15, -0.1) is 0 Å². The van der Waals surface area contributed by atoms with Crippen LogP contribution in [0.1, 0.15) is 58.3 Å². The Morgan fingerprint density at radius 1 is 1.38 bits per heavy atom. The molecule has 2 heteroatoms. The Hall–Kier alpha value is 0.0200. The van der Waals surface area contributed by atoms with Gasteiger partial charge in [-0.25, -0.2) is 0 Å². The minimum Gasteiger partial charge on any atom is -0.298 e. The third-order valence-electron chi connectivity index (χ3n) is 2.96. The van der Waals surface area contributed by atoms with E-state index in [0.717, 1.165) is 25.7 Å². The first-order chi connectivity index (χ1) is 6.19. The molecule has 1 atom stereocenters. The van der Waals surface area contributed by atoms with Crippen LogP contribution in [0.2, 0.25) is 0 Å². The van der Waals surface area contributed by atoms with Crippen LogP contribution in [0.5, 0.6) is 0 Å². The van der Waals surface area contributed by atoms with Crippen LogP contribution in [0.4, 0.5) is 0 Å². The van der Waals surface area contributed by atoms with Crippen LogP contribution in [0, 0.1) is 0 Å². The maximum atomic E-state index is 11.5. The average molecular weight is 200 g/mol. The van der Waals surface area contributed by atoms with Gasteiger partial charge in [0, 0.05) is 6.42 Å². The number of carbonyl (C=O) groups is 1. The van der Waals surface area contributed by atoms with Gasteiger partial charge in [0.05, 0.1) is 4.75 Å². The number of ketones is 1. The van der Waals surface area contributed by atoms with Gasteiger partial charge in [0.15, 0.2) is 0 Å². The van der Waals surface area contributed by atoms with Crippen molar-refractivity contribution >= 4 is 18.4 Å². The lowest BCUT2D eigenvalue weighted by Gasteiger charge is -2.20. The van der Waals surface area contributed by atoms with Crippen molar-refractivity contribution in [2.45, 2.75) is 63.0 Å². The standard InChI is InChI=1S/C11H20OS/c1-2-3-4-5-8-11(13)9-6-7-10(11)12/h13H,2-9H2,1H3. The summed E-state index contributed by atoms with van der Waals surface area (Å²) in [6, 6.07) is 0. The average Bonchev–Trinajstić information content (AvgIpc) is 2.42. The number of hydrogen-bond donors (Lipinski definition) is 1. The molecular weight excluding hydrogens is 180 g/mol. The van der Waals surface area contributed by atoms with Gasteiger partial charge < -0.3 is 0 Å². The molecule has 1 unspecified atom stereocenters. The number of rotatable bonds is 5. The maximum absolute atomic E-state index is 11.5. The fraction of sp³-hybridized carbons (Fsp3) is 0.909. The first kappa shape index (κ1) is 11.1. The molecule has 1 rings (SSSR count). The summed E-state index contributed by atoms with van der Waals surface area (Å²) in [5.41, 5.74) is 0. The van der Waals surface area contributed by atoms with Crippen LogP contribution in [-0.4, -0.2) is 10.5 Å². The van der Waals surface area contributed by atoms with E-state index in [9.17, 15) is 4.79 Å². The number of hydrogen-bond acceptors (Lipinski definition) is 2. The number of Topliss-reactive ketones (excluding diaryl/α,β-unsaturated/α-hetero) is 1. The van der Waals surface area contributed by atoms with Gasteiger partial charge in [0.2, 0.25) is 0 Å². The molecule has 0 radical (unpaired) electrons. The van der Waals surface area contributed by atoms with Crippen LogP contribution in [0.15, 0.2) is 0 Å². The Balaban J connectivity index is 2.22. The molecule has 0 heterocycles. The zero-order chi connectivity index (χ0) is 9.73. The molecule has 1 nitrogen and oxygen atoms in total. The van der Waals surface area contributed by atoms with Crippen molar-refractivity contribution in [2.75, 3.05) is 0 Å². The van der Waals surface area contributed by atoms with E-state index in [0.29, 0.717) is 5.78 Å². The summed E-state index contributed by atoms with van der Waals surface area (Å²) in [7, 11) is 0. The number of unbranched alkanes of at least 4 members (excludes halogenated alkanes) is 3. The van der Waals surface area contributed by atoms with Crippen LogP contribution in [-0.2, 0) is 4.79 Å². The van der Waals surface area contributed by atoms with E-state index >= 15 is 0 Å². The molecular formula is C11H20OS. The molecule has 0 saturated heterocycles. The van der Waals surface area contributed by atoms with Crippen molar-refractivity contribution in [2.24, 2.45) is 0 Å². The zero-order valence-corrected chi connectivity index (χ0v) is 9.41. The highest BCUT2D eigenvalue weighted by atomic mass is 32.1. The summed E-state index contributed by atoms with van der Waals surface area (Å²) in [5, 5.41) is 0. The quantitative estimate of drug-likeness (QED) is 0.532. The Labute approximate surface area is 86.7 Å². The smallest absolute Gasteiger partial charge is 0.148 e. The van der Waals surface area contributed by atoms with Gasteiger partial charge in [-0.2, -0.15) is 12.6 Å². The van der Waals surface area contributed by atoms with Gasteiger partial charge in [0.25, 0.3) is 0 Å². The summed E-state index contributed by atoms with van der Waals surface area (Å²) in [4.78, 5) is 11.5. The largest absolute Gasteiger partial charge is 0.298 e. The van der Waals surface area contributed by atoms with Crippen molar-refractivity contribution in [3.63, 3.8) is 0 Å². The summed E-state index contributed by atoms with van der Waals surface area (Å²) >= 11 is 4.53. The van der Waals surface area contributed by atoms with Gasteiger partial charge >= 0.3 is 0 Å². The molecule has 0 amide bonds. The highest BCUT2D eigenvalue weighted by Crippen LogP contribution is 2.36. The maximum Gasteiger partial charge on any atom is 0.148 e. The van der Waals surface area contributed by atoms with Crippen LogP contribution < -0.4 is 0 Å². The van der Waals surface area contributed by atoms with Crippen molar-refractivity contribution < 1.29 is 4.79 Å². The Morgan fingerprint density at radius 3 is 2.69 bits per heavy atom. The summed E-state index contributed by atoms with van der Waals surface area (Å²) < 4.78 is -0.242. The van der Waals surface area contributed by atoms with Crippen molar-refractivity contribution in [1.29, 1.82) is 0 Å². The predicted octanol–water partition coefficient (Wildman–Crippen LogP) is 3.38. The van der Waals surface area contributed by atoms with E-state index in [-0.39, 0.29) is 4.75 Å². The second-order valence-corrected chi connectivity index (χ2v) is 4.98. The number of thiol groups is 1. The minimum atomic E-state index is -0.242. The van der Waals surface area contributed by atoms with Crippen LogP contribution in [0.25, 0.3) is 0 Å². The second kappa shape index (κ2) is 5.04. The minimum absolute atomic E-state index is 0.242. The lowest BCUT2D eigenvalue weighted by atomic mass is 9.97. The Bertz CT molecular complexity index is 179. The molecule has 1 aliphatic carbocycles. The molecule has 1 saturated carbocycles. The molecule has 0 N–H and O–H groups in total. The molecule has 1 fully saturated rings. The molecule has 0 bridgehead atoms. The summed E-state index contributed by atoms with van der Waals surface area (Å²) in [5.74, 6) is 0.382. The van der Waals surface area contributed by atoms with Crippen molar-refractivity contribution in [1.82, 2.24) is 0 Å². The molecule has 0 aromatic rings. The monoisotopic (exact) mass is 200 g/mol. The van der Waals surface area contributed by atoms with E-state index in [1.54, 1.807) is 0 Å². The molecule has 0 aromatic heterocycles. The predicted molar refractivity (Wildman–Crippen MR) is 59.3 cm³/mol. The van der Waals surface area contributed by atoms with Gasteiger partial charge in [0.1, 0.15) is 5.78 Å². The molecule has 1 aliphatic rings. The van der Waals surface area contributed by atoms with Crippen molar-refractivity contribution in [3.8, 4) is 0 Å². The Morgan fingerprint density at radius 2 is 2.15 bits per heavy atom. The fourth-order valence-electron chi connectivity index (χ4n) is 2.02. The van der Waals surface area contributed by atoms with E-state index < -0.39 is 0 Å². The van der Waals surface area contributed by atoms with Crippen LogP contribution in [0.3, 0.4) is 0 Å². The van der Waals surface area contributed by atoms with Gasteiger partial charge in [-0.1, -0.05) is 32.6 Å². The SMILES string of the molecule is CCCCCCC1(S)CCCC1=O. The lowest BCUT2D eigenvalue weighted by molar-refractivity contribution is -0.119. The number of carbonyl (C=O) groups excluding carboxylic acids is 1. The summed E-state index contributed by atoms with van der Waals surface area (Å²) in [6.07, 6.45) is 8.78. The van der Waals surface area contributed by atoms with E-state index in [2.05, 4.69) is 19.6 Å². The first-order valence-corrected chi connectivity index (χ1v) is 5.89. The van der Waals surface area contributed by atoms with Gasteiger partial charge in [-0.3, -0.25) is 4.79 Å². The van der Waals surface area contributed by atoms with E-state index in [1.807, 2.05) is 0 Å². The fourth-order valence-corrected chi connectivity index (χ4v) is 2.45. The normalized spacial score (nSPS) is 28.3. The highest BCUT2D eigenvalue weighted by Gasteiger charge is 2.37. The third kappa shape index (κ3) is 3.01. The lowest BCUT2D eigenvalue weighted by Crippen LogP contribution is -2.26. The molecule has 0 aromatic carbocycles.